The van der Waals surface area contributed by atoms with Crippen molar-refractivity contribution in [3.63, 3.8) is 0 Å². The van der Waals surface area contributed by atoms with Crippen molar-refractivity contribution < 1.29 is 0 Å². The Labute approximate surface area is 92.3 Å². The molecule has 1 heteroatoms. The molecule has 0 nitrogen and oxygen atoms in total. The largest absolute Gasteiger partial charge is 0.118 e. The van der Waals surface area contributed by atoms with Crippen LogP contribution in [0.15, 0.2) is 12.1 Å². The summed E-state index contributed by atoms with van der Waals surface area (Å²) >= 11 is 6.34. The molecule has 0 bridgehead atoms. The average molecular weight is 211 g/mol. The second kappa shape index (κ2) is 4.84. The van der Waals surface area contributed by atoms with E-state index in [2.05, 4.69) is 39.8 Å². The minimum Gasteiger partial charge on any atom is -0.118 e. The minimum absolute atomic E-state index is 0.180. The Morgan fingerprint density at radius 3 is 2.21 bits per heavy atom. The topological polar surface area (TPSA) is 0 Å². The van der Waals surface area contributed by atoms with E-state index in [0.29, 0.717) is 0 Å². The summed E-state index contributed by atoms with van der Waals surface area (Å²) < 4.78 is 0. The van der Waals surface area contributed by atoms with Crippen LogP contribution in [0.3, 0.4) is 0 Å². The fraction of sp³-hybridized carbons (Fsp3) is 0.538. The molecule has 1 atom stereocenters. The quantitative estimate of drug-likeness (QED) is 0.635. The van der Waals surface area contributed by atoms with Crippen LogP contribution in [0.4, 0.5) is 0 Å². The zero-order valence-corrected chi connectivity index (χ0v) is 10.3. The van der Waals surface area contributed by atoms with Crippen LogP contribution in [-0.4, -0.2) is 0 Å². The molecule has 0 aromatic heterocycles. The summed E-state index contributed by atoms with van der Waals surface area (Å²) in [5.74, 6) is 0. The summed E-state index contributed by atoms with van der Waals surface area (Å²) in [5.41, 5.74) is 5.32. The molecule has 0 aliphatic rings. The van der Waals surface area contributed by atoms with Gasteiger partial charge in [-0.2, -0.15) is 0 Å². The third kappa shape index (κ3) is 2.51. The lowest BCUT2D eigenvalue weighted by Gasteiger charge is -2.14. The average Bonchev–Trinajstić information content (AvgIpc) is 2.11. The van der Waals surface area contributed by atoms with Gasteiger partial charge in [-0.1, -0.05) is 25.5 Å². The standard InChI is InChI=1S/C13H19Cl/c1-5-6-13(14)12-8-10(3)9(2)7-11(12)4/h7-8,13H,5-6H2,1-4H3. The van der Waals surface area contributed by atoms with E-state index in [1.165, 1.54) is 22.3 Å². The molecule has 0 saturated heterocycles. The van der Waals surface area contributed by atoms with Gasteiger partial charge < -0.3 is 0 Å². The summed E-state index contributed by atoms with van der Waals surface area (Å²) in [4.78, 5) is 0. The lowest BCUT2D eigenvalue weighted by molar-refractivity contribution is 0.765. The molecule has 0 aliphatic heterocycles. The highest BCUT2D eigenvalue weighted by Gasteiger charge is 2.10. The van der Waals surface area contributed by atoms with Crippen LogP contribution in [0.1, 0.15) is 47.4 Å². The van der Waals surface area contributed by atoms with Crippen molar-refractivity contribution in [1.29, 1.82) is 0 Å². The van der Waals surface area contributed by atoms with Gasteiger partial charge in [0.05, 0.1) is 5.38 Å². The maximum atomic E-state index is 6.34. The van der Waals surface area contributed by atoms with E-state index in [9.17, 15) is 0 Å². The van der Waals surface area contributed by atoms with Crippen molar-refractivity contribution in [3.05, 3.63) is 34.4 Å². The summed E-state index contributed by atoms with van der Waals surface area (Å²) in [6.45, 7) is 8.61. The summed E-state index contributed by atoms with van der Waals surface area (Å²) in [7, 11) is 0. The van der Waals surface area contributed by atoms with Gasteiger partial charge in [-0.3, -0.25) is 0 Å². The molecule has 0 heterocycles. The van der Waals surface area contributed by atoms with E-state index < -0.39 is 0 Å². The van der Waals surface area contributed by atoms with Gasteiger partial charge in [-0.15, -0.1) is 11.6 Å². The highest BCUT2D eigenvalue weighted by molar-refractivity contribution is 6.20. The molecule has 14 heavy (non-hydrogen) atoms. The van der Waals surface area contributed by atoms with E-state index in [1.54, 1.807) is 0 Å². The number of hydrogen-bond acceptors (Lipinski definition) is 0. The molecule has 1 aromatic carbocycles. The zero-order valence-electron chi connectivity index (χ0n) is 9.52. The van der Waals surface area contributed by atoms with Crippen molar-refractivity contribution in [3.8, 4) is 0 Å². The third-order valence-electron chi connectivity index (χ3n) is 2.76. The lowest BCUT2D eigenvalue weighted by atomic mass is 9.97. The maximum Gasteiger partial charge on any atom is 0.0587 e. The molecule has 1 rings (SSSR count). The van der Waals surface area contributed by atoms with Gasteiger partial charge in [0.1, 0.15) is 0 Å². The van der Waals surface area contributed by atoms with Crippen molar-refractivity contribution in [2.75, 3.05) is 0 Å². The normalized spacial score (nSPS) is 12.9. The van der Waals surface area contributed by atoms with Crippen molar-refractivity contribution in [2.45, 2.75) is 45.9 Å². The SMILES string of the molecule is CCCC(Cl)c1cc(C)c(C)cc1C. The summed E-state index contributed by atoms with van der Waals surface area (Å²) in [6, 6.07) is 4.47. The van der Waals surface area contributed by atoms with Crippen LogP contribution in [0.25, 0.3) is 0 Å². The van der Waals surface area contributed by atoms with E-state index in [4.69, 9.17) is 11.6 Å². The van der Waals surface area contributed by atoms with Crippen LogP contribution in [-0.2, 0) is 0 Å². The Morgan fingerprint density at radius 1 is 1.07 bits per heavy atom. The van der Waals surface area contributed by atoms with E-state index in [-0.39, 0.29) is 5.38 Å². The number of aryl methyl sites for hydroxylation is 3. The third-order valence-corrected chi connectivity index (χ3v) is 3.22. The second-order valence-electron chi connectivity index (χ2n) is 4.05. The Kier molecular flexibility index (Phi) is 4.00. The predicted octanol–water partition coefficient (Wildman–Crippen LogP) is 4.69. The van der Waals surface area contributed by atoms with Crippen LogP contribution in [0.2, 0.25) is 0 Å². The van der Waals surface area contributed by atoms with Crippen LogP contribution in [0, 0.1) is 20.8 Å². The Hall–Kier alpha value is -0.490. The van der Waals surface area contributed by atoms with Crippen LogP contribution >= 0.6 is 11.6 Å². The molecule has 1 aromatic rings. The first-order valence-electron chi connectivity index (χ1n) is 5.28. The fourth-order valence-corrected chi connectivity index (χ4v) is 2.18. The molecule has 0 radical (unpaired) electrons. The fourth-order valence-electron chi connectivity index (χ4n) is 1.73. The first kappa shape index (κ1) is 11.6. The number of benzene rings is 1. The minimum atomic E-state index is 0.180. The molecule has 0 spiro atoms. The highest BCUT2D eigenvalue weighted by atomic mass is 35.5. The molecule has 1 unspecified atom stereocenters. The maximum absolute atomic E-state index is 6.34. The van der Waals surface area contributed by atoms with Crippen molar-refractivity contribution >= 4 is 11.6 Å². The number of hydrogen-bond donors (Lipinski definition) is 0. The van der Waals surface area contributed by atoms with E-state index >= 15 is 0 Å². The van der Waals surface area contributed by atoms with E-state index in [1.807, 2.05) is 0 Å². The molecular formula is C13H19Cl. The second-order valence-corrected chi connectivity index (χ2v) is 4.58. The van der Waals surface area contributed by atoms with E-state index in [0.717, 1.165) is 12.8 Å². The van der Waals surface area contributed by atoms with Gasteiger partial charge in [-0.05, 0) is 49.4 Å². The summed E-state index contributed by atoms with van der Waals surface area (Å²) in [5, 5.41) is 0.180. The number of alkyl halides is 1. The van der Waals surface area contributed by atoms with Gasteiger partial charge in [0, 0.05) is 0 Å². The lowest BCUT2D eigenvalue weighted by Crippen LogP contribution is -1.96. The Morgan fingerprint density at radius 2 is 1.64 bits per heavy atom. The number of halogens is 1. The molecular weight excluding hydrogens is 192 g/mol. The molecule has 0 aliphatic carbocycles. The Bertz CT molecular complexity index is 315. The summed E-state index contributed by atoms with van der Waals surface area (Å²) in [6.07, 6.45) is 2.20. The van der Waals surface area contributed by atoms with Gasteiger partial charge >= 0.3 is 0 Å². The first-order valence-corrected chi connectivity index (χ1v) is 5.71. The molecule has 0 saturated carbocycles. The predicted molar refractivity (Wildman–Crippen MR) is 64.2 cm³/mol. The van der Waals surface area contributed by atoms with Gasteiger partial charge in [0.15, 0.2) is 0 Å². The highest BCUT2D eigenvalue weighted by Crippen LogP contribution is 2.29. The Balaban J connectivity index is 3.02. The van der Waals surface area contributed by atoms with Crippen LogP contribution in [0.5, 0.6) is 0 Å². The smallest absolute Gasteiger partial charge is 0.0587 e. The van der Waals surface area contributed by atoms with Crippen molar-refractivity contribution in [1.82, 2.24) is 0 Å². The van der Waals surface area contributed by atoms with Gasteiger partial charge in [0.25, 0.3) is 0 Å². The van der Waals surface area contributed by atoms with Gasteiger partial charge in [-0.25, -0.2) is 0 Å². The first-order chi connectivity index (χ1) is 6.56. The molecule has 0 N–H and O–H groups in total. The zero-order chi connectivity index (χ0) is 10.7. The molecule has 78 valence electrons. The van der Waals surface area contributed by atoms with Crippen molar-refractivity contribution in [2.24, 2.45) is 0 Å². The van der Waals surface area contributed by atoms with Crippen LogP contribution < -0.4 is 0 Å². The molecule has 0 amide bonds. The molecule has 0 fully saturated rings. The van der Waals surface area contributed by atoms with Gasteiger partial charge in [0.2, 0.25) is 0 Å². The monoisotopic (exact) mass is 210 g/mol. The number of rotatable bonds is 3.